The van der Waals surface area contributed by atoms with E-state index in [1.807, 2.05) is 30.3 Å². The van der Waals surface area contributed by atoms with Gasteiger partial charge in [-0.05, 0) is 5.56 Å². The van der Waals surface area contributed by atoms with E-state index in [0.29, 0.717) is 17.9 Å². The van der Waals surface area contributed by atoms with E-state index in [1.165, 1.54) is 10.6 Å². The third-order valence-corrected chi connectivity index (χ3v) is 3.74. The Morgan fingerprint density at radius 2 is 2.04 bits per heavy atom. The average molecular weight is 325 g/mol. The third kappa shape index (κ3) is 3.21. The quantitative estimate of drug-likeness (QED) is 0.731. The van der Waals surface area contributed by atoms with Crippen LogP contribution in [-0.4, -0.2) is 39.5 Å². The lowest BCUT2D eigenvalue weighted by Crippen LogP contribution is -2.37. The van der Waals surface area contributed by atoms with Crippen molar-refractivity contribution in [3.05, 3.63) is 70.3 Å². The number of benzene rings is 1. The normalized spacial score (nSPS) is 12.2. The van der Waals surface area contributed by atoms with Crippen molar-refractivity contribution in [1.82, 2.24) is 24.8 Å². The molecule has 1 atom stereocenters. The molecule has 0 spiro atoms. The number of rotatable bonds is 5. The molecule has 24 heavy (non-hydrogen) atoms. The number of aromatic nitrogens is 3. The first-order valence-corrected chi connectivity index (χ1v) is 7.62. The van der Waals surface area contributed by atoms with Crippen molar-refractivity contribution in [3.8, 4) is 0 Å². The predicted octanol–water partition coefficient (Wildman–Crippen LogP) is 0.942. The second-order valence-electron chi connectivity index (χ2n) is 5.70. The van der Waals surface area contributed by atoms with Crippen LogP contribution in [0.2, 0.25) is 0 Å². The second-order valence-corrected chi connectivity index (χ2v) is 5.70. The van der Waals surface area contributed by atoms with E-state index < -0.39 is 6.04 Å². The van der Waals surface area contributed by atoms with Crippen LogP contribution in [0.1, 0.15) is 17.3 Å². The number of nitrogens with zero attached hydrogens (tertiary/aromatic N) is 3. The molecule has 0 saturated carbocycles. The molecule has 2 N–H and O–H groups in total. The van der Waals surface area contributed by atoms with Crippen molar-refractivity contribution >= 4 is 11.6 Å². The summed E-state index contributed by atoms with van der Waals surface area (Å²) in [7, 11) is 3.44. The lowest BCUT2D eigenvalue weighted by Gasteiger charge is -2.22. The van der Waals surface area contributed by atoms with Crippen LogP contribution in [0, 0.1) is 0 Å². The second kappa shape index (κ2) is 6.67. The number of nitrogens with one attached hydrogen (secondary N) is 2. The van der Waals surface area contributed by atoms with Crippen molar-refractivity contribution < 1.29 is 4.79 Å². The zero-order valence-electron chi connectivity index (χ0n) is 13.6. The van der Waals surface area contributed by atoms with E-state index in [2.05, 4.69) is 15.4 Å². The molecule has 3 aromatic rings. The number of carbonyl (C=O) groups is 1. The van der Waals surface area contributed by atoms with E-state index in [1.54, 1.807) is 31.3 Å². The van der Waals surface area contributed by atoms with Gasteiger partial charge in [0.2, 0.25) is 5.91 Å². The Bertz CT molecular complexity index is 898. The number of carbonyl (C=O) groups excluding carboxylic acids is 1. The van der Waals surface area contributed by atoms with E-state index in [4.69, 9.17) is 0 Å². The molecule has 124 valence electrons. The summed E-state index contributed by atoms with van der Waals surface area (Å²) in [5.41, 5.74) is 1.83. The van der Waals surface area contributed by atoms with Gasteiger partial charge in [0.25, 0.3) is 5.56 Å². The summed E-state index contributed by atoms with van der Waals surface area (Å²) >= 11 is 0. The van der Waals surface area contributed by atoms with Gasteiger partial charge in [0.15, 0.2) is 5.65 Å². The zero-order valence-corrected chi connectivity index (χ0v) is 13.6. The Morgan fingerprint density at radius 1 is 1.29 bits per heavy atom. The minimum atomic E-state index is -0.493. The van der Waals surface area contributed by atoms with Crippen molar-refractivity contribution in [2.45, 2.75) is 12.6 Å². The molecule has 3 rings (SSSR count). The molecule has 7 nitrogen and oxygen atoms in total. The molecule has 1 amide bonds. The molecule has 2 heterocycles. The van der Waals surface area contributed by atoms with Gasteiger partial charge in [0, 0.05) is 39.0 Å². The van der Waals surface area contributed by atoms with Gasteiger partial charge >= 0.3 is 0 Å². The monoisotopic (exact) mass is 325 g/mol. The summed E-state index contributed by atoms with van der Waals surface area (Å²) < 4.78 is 1.36. The minimum absolute atomic E-state index is 0.0550. The molecule has 0 aliphatic heterocycles. The fourth-order valence-corrected chi connectivity index (χ4v) is 2.53. The number of likely N-dealkylation sites (N-methyl/N-ethyl adjacent to an activating group) is 1. The molecule has 0 fully saturated rings. The van der Waals surface area contributed by atoms with Gasteiger partial charge in [0.05, 0.1) is 5.69 Å². The van der Waals surface area contributed by atoms with Crippen LogP contribution in [0.3, 0.4) is 0 Å². The maximum absolute atomic E-state index is 12.5. The lowest BCUT2D eigenvalue weighted by molar-refractivity contribution is -0.131. The Labute approximate surface area is 138 Å². The Balaban J connectivity index is 1.84. The molecule has 7 heteroatoms. The molecule has 0 bridgehead atoms. The Kier molecular flexibility index (Phi) is 4.43. The van der Waals surface area contributed by atoms with Gasteiger partial charge in [-0.15, -0.1) is 0 Å². The third-order valence-electron chi connectivity index (χ3n) is 3.74. The number of H-pyrrole nitrogens is 1. The average Bonchev–Trinajstić information content (AvgIpc) is 3.05. The van der Waals surface area contributed by atoms with Crippen molar-refractivity contribution in [2.75, 3.05) is 14.1 Å². The summed E-state index contributed by atoms with van der Waals surface area (Å²) in [6.07, 6.45) is 1.66. The van der Waals surface area contributed by atoms with Crippen LogP contribution < -0.4 is 10.9 Å². The summed E-state index contributed by atoms with van der Waals surface area (Å²) in [5.74, 6) is -0.0550. The van der Waals surface area contributed by atoms with Crippen LogP contribution >= 0.6 is 0 Å². The molecular formula is C17H19N5O2. The van der Waals surface area contributed by atoms with Gasteiger partial charge in [-0.2, -0.15) is 0 Å². The number of amides is 1. The highest BCUT2D eigenvalue weighted by atomic mass is 16.2. The van der Waals surface area contributed by atoms with Crippen molar-refractivity contribution in [1.29, 1.82) is 0 Å². The van der Waals surface area contributed by atoms with Crippen LogP contribution in [0.15, 0.2) is 53.5 Å². The first-order valence-electron chi connectivity index (χ1n) is 7.62. The molecule has 1 unspecified atom stereocenters. The van der Waals surface area contributed by atoms with Gasteiger partial charge in [-0.1, -0.05) is 30.3 Å². The maximum Gasteiger partial charge on any atom is 0.272 e. The van der Waals surface area contributed by atoms with Crippen LogP contribution in [-0.2, 0) is 11.3 Å². The van der Waals surface area contributed by atoms with E-state index >= 15 is 0 Å². The van der Waals surface area contributed by atoms with Gasteiger partial charge in [-0.25, -0.2) is 9.50 Å². The minimum Gasteiger partial charge on any atom is -0.347 e. The smallest absolute Gasteiger partial charge is 0.272 e. The van der Waals surface area contributed by atoms with Crippen molar-refractivity contribution in [3.63, 3.8) is 0 Å². The molecule has 1 aromatic carbocycles. The number of aromatic amines is 1. The maximum atomic E-state index is 12.5. The van der Waals surface area contributed by atoms with Gasteiger partial charge < -0.3 is 4.90 Å². The zero-order chi connectivity index (χ0) is 17.1. The fourth-order valence-electron chi connectivity index (χ4n) is 2.53. The van der Waals surface area contributed by atoms with Crippen LogP contribution in [0.4, 0.5) is 0 Å². The van der Waals surface area contributed by atoms with E-state index in [-0.39, 0.29) is 11.5 Å². The Hall–Kier alpha value is -2.93. The van der Waals surface area contributed by atoms with E-state index in [9.17, 15) is 9.59 Å². The molecule has 0 aliphatic carbocycles. The number of hydrogen-bond acceptors (Lipinski definition) is 4. The van der Waals surface area contributed by atoms with Crippen LogP contribution in [0.25, 0.3) is 5.65 Å². The van der Waals surface area contributed by atoms with E-state index in [0.717, 1.165) is 5.56 Å². The predicted molar refractivity (Wildman–Crippen MR) is 90.5 cm³/mol. The SMILES string of the molecule is CN(C)C(=O)C(NCc1cc(=O)n2[nH]ccc2n1)c1ccccc1. The lowest BCUT2D eigenvalue weighted by atomic mass is 10.1. The highest BCUT2D eigenvalue weighted by Crippen LogP contribution is 2.15. The Morgan fingerprint density at radius 3 is 2.75 bits per heavy atom. The van der Waals surface area contributed by atoms with Crippen molar-refractivity contribution in [2.24, 2.45) is 0 Å². The molecule has 2 aromatic heterocycles. The molecule has 0 radical (unpaired) electrons. The molecule has 0 saturated heterocycles. The molecular weight excluding hydrogens is 306 g/mol. The first-order chi connectivity index (χ1) is 11.6. The highest BCUT2D eigenvalue weighted by Gasteiger charge is 2.21. The summed E-state index contributed by atoms with van der Waals surface area (Å²) in [4.78, 5) is 30.4. The highest BCUT2D eigenvalue weighted by molar-refractivity contribution is 5.82. The molecule has 0 aliphatic rings. The summed E-state index contributed by atoms with van der Waals surface area (Å²) in [6.45, 7) is 0.316. The largest absolute Gasteiger partial charge is 0.347 e. The first kappa shape index (κ1) is 15.9. The number of fused-ring (bicyclic) bond motifs is 1. The van der Waals surface area contributed by atoms with Crippen LogP contribution in [0.5, 0.6) is 0 Å². The number of hydrogen-bond donors (Lipinski definition) is 2. The van der Waals surface area contributed by atoms with Gasteiger partial charge in [-0.3, -0.25) is 20.0 Å². The fraction of sp³-hybridized carbons (Fsp3) is 0.235. The summed E-state index contributed by atoms with van der Waals surface area (Å²) in [5, 5.41) is 6.00. The summed E-state index contributed by atoms with van der Waals surface area (Å²) in [6, 6.07) is 12.2. The standard InChI is InChI=1S/C17H19N5O2/c1-21(2)17(24)16(12-6-4-3-5-7-12)18-11-13-10-15(23)22-14(20-13)8-9-19-22/h3-10,16,18-19H,11H2,1-2H3. The topological polar surface area (TPSA) is 82.5 Å². The van der Waals surface area contributed by atoms with Gasteiger partial charge in [0.1, 0.15) is 6.04 Å².